The van der Waals surface area contributed by atoms with E-state index in [2.05, 4.69) is 25.5 Å². The summed E-state index contributed by atoms with van der Waals surface area (Å²) in [6, 6.07) is 3.61. The van der Waals surface area contributed by atoms with Gasteiger partial charge in [-0.1, -0.05) is 0 Å². The smallest absolute Gasteiger partial charge is 0.272 e. The zero-order valence-corrected chi connectivity index (χ0v) is 11.6. The van der Waals surface area contributed by atoms with Gasteiger partial charge in [0.15, 0.2) is 0 Å². The Balaban J connectivity index is 1.84. The van der Waals surface area contributed by atoms with E-state index in [0.717, 1.165) is 30.9 Å². The van der Waals surface area contributed by atoms with E-state index >= 15 is 0 Å². The largest absolute Gasteiger partial charge is 0.385 e. The fraction of sp³-hybridized carbons (Fsp3) is 0.385. The number of rotatable bonds is 6. The molecule has 0 saturated heterocycles. The van der Waals surface area contributed by atoms with E-state index in [9.17, 15) is 4.79 Å². The van der Waals surface area contributed by atoms with Gasteiger partial charge in [-0.3, -0.25) is 14.9 Å². The summed E-state index contributed by atoms with van der Waals surface area (Å²) in [6.45, 7) is 0.792. The lowest BCUT2D eigenvalue weighted by molar-refractivity contribution is 0.0822. The molecule has 106 valence electrons. The van der Waals surface area contributed by atoms with Gasteiger partial charge in [0, 0.05) is 38.9 Å². The molecule has 0 unspecified atom stereocenters. The topological polar surface area (TPSA) is 86.8 Å². The fourth-order valence-corrected chi connectivity index (χ4v) is 1.73. The maximum absolute atomic E-state index is 11.8. The van der Waals surface area contributed by atoms with Crippen LogP contribution in [0.15, 0.2) is 24.7 Å². The van der Waals surface area contributed by atoms with Crippen LogP contribution < -0.4 is 5.32 Å². The first-order chi connectivity index (χ1) is 9.66. The molecule has 0 atom stereocenters. The maximum Gasteiger partial charge on any atom is 0.272 e. The van der Waals surface area contributed by atoms with E-state index in [0.29, 0.717) is 5.69 Å². The highest BCUT2D eigenvalue weighted by atomic mass is 16.2. The molecule has 7 heteroatoms. The van der Waals surface area contributed by atoms with Gasteiger partial charge in [-0.15, -0.1) is 0 Å². The molecule has 0 aliphatic carbocycles. The van der Waals surface area contributed by atoms with Gasteiger partial charge < -0.3 is 10.2 Å². The molecule has 0 radical (unpaired) electrons. The first kappa shape index (κ1) is 14.0. The van der Waals surface area contributed by atoms with Crippen LogP contribution in [0.25, 0.3) is 0 Å². The second-order valence-electron chi connectivity index (χ2n) is 4.59. The third-order valence-electron chi connectivity index (χ3n) is 2.77. The van der Waals surface area contributed by atoms with Crippen LogP contribution in [-0.2, 0) is 6.42 Å². The van der Waals surface area contributed by atoms with Gasteiger partial charge in [0.1, 0.15) is 17.8 Å². The maximum atomic E-state index is 11.8. The van der Waals surface area contributed by atoms with Gasteiger partial charge >= 0.3 is 0 Å². The van der Waals surface area contributed by atoms with Crippen molar-refractivity contribution < 1.29 is 4.79 Å². The van der Waals surface area contributed by atoms with Crippen LogP contribution in [-0.4, -0.2) is 51.6 Å². The van der Waals surface area contributed by atoms with E-state index in [1.54, 1.807) is 26.4 Å². The summed E-state index contributed by atoms with van der Waals surface area (Å²) < 4.78 is 0. The lowest BCUT2D eigenvalue weighted by Crippen LogP contribution is -2.22. The number of amides is 1. The Labute approximate surface area is 117 Å². The summed E-state index contributed by atoms with van der Waals surface area (Å²) in [5.41, 5.74) is 1.33. The number of aromatic nitrogens is 4. The Morgan fingerprint density at radius 1 is 1.40 bits per heavy atom. The van der Waals surface area contributed by atoms with E-state index in [1.165, 1.54) is 11.2 Å². The molecule has 2 aromatic heterocycles. The SMILES string of the molecule is CN(C)C(=O)c1cc(NCCCc2ncn[nH]2)ccn1. The number of nitrogens with zero attached hydrogens (tertiary/aromatic N) is 4. The Hall–Kier alpha value is -2.44. The molecule has 0 aliphatic heterocycles. The van der Waals surface area contributed by atoms with Crippen LogP contribution in [0.3, 0.4) is 0 Å². The summed E-state index contributed by atoms with van der Waals surface area (Å²) in [6.07, 6.45) is 4.90. The van der Waals surface area contributed by atoms with Crippen molar-refractivity contribution in [3.8, 4) is 0 Å². The fourth-order valence-electron chi connectivity index (χ4n) is 1.73. The molecule has 20 heavy (non-hydrogen) atoms. The predicted octanol–water partition coefficient (Wildman–Crippen LogP) is 0.946. The third kappa shape index (κ3) is 3.78. The predicted molar refractivity (Wildman–Crippen MR) is 75.4 cm³/mol. The number of aryl methyl sites for hydroxylation is 1. The summed E-state index contributed by atoms with van der Waals surface area (Å²) in [4.78, 5) is 21.4. The number of carbonyl (C=O) groups is 1. The molecule has 2 aromatic rings. The Kier molecular flexibility index (Phi) is 4.65. The highest BCUT2D eigenvalue weighted by Crippen LogP contribution is 2.09. The van der Waals surface area contributed by atoms with Gasteiger partial charge in [0.25, 0.3) is 5.91 Å². The molecule has 2 rings (SSSR count). The molecule has 1 amide bonds. The monoisotopic (exact) mass is 274 g/mol. The van der Waals surface area contributed by atoms with E-state index < -0.39 is 0 Å². The molecule has 0 bridgehead atoms. The van der Waals surface area contributed by atoms with Crippen molar-refractivity contribution in [2.75, 3.05) is 26.0 Å². The Morgan fingerprint density at radius 3 is 2.95 bits per heavy atom. The van der Waals surface area contributed by atoms with Gasteiger partial charge in [-0.25, -0.2) is 4.98 Å². The molecule has 2 heterocycles. The quantitative estimate of drug-likeness (QED) is 0.766. The van der Waals surface area contributed by atoms with Crippen molar-refractivity contribution in [1.82, 2.24) is 25.1 Å². The first-order valence-electron chi connectivity index (χ1n) is 6.42. The van der Waals surface area contributed by atoms with Gasteiger partial charge in [0.05, 0.1) is 0 Å². The summed E-state index contributed by atoms with van der Waals surface area (Å²) in [5, 5.41) is 9.89. The normalized spacial score (nSPS) is 10.3. The van der Waals surface area contributed by atoms with Crippen molar-refractivity contribution in [2.45, 2.75) is 12.8 Å². The van der Waals surface area contributed by atoms with Gasteiger partial charge in [-0.2, -0.15) is 5.10 Å². The molecular formula is C13H18N6O. The van der Waals surface area contributed by atoms with Crippen molar-refractivity contribution in [3.05, 3.63) is 36.2 Å². The van der Waals surface area contributed by atoms with Crippen molar-refractivity contribution in [1.29, 1.82) is 0 Å². The number of carbonyl (C=O) groups excluding carboxylic acids is 1. The number of anilines is 1. The standard InChI is InChI=1S/C13H18N6O/c1-19(2)13(20)11-8-10(5-7-15-11)14-6-3-4-12-16-9-17-18-12/h5,7-9H,3-4,6H2,1-2H3,(H,14,15)(H,16,17,18). The minimum Gasteiger partial charge on any atom is -0.385 e. The first-order valence-corrected chi connectivity index (χ1v) is 6.42. The van der Waals surface area contributed by atoms with Crippen LogP contribution in [0.1, 0.15) is 22.7 Å². The van der Waals surface area contributed by atoms with Crippen molar-refractivity contribution in [2.24, 2.45) is 0 Å². The molecular weight excluding hydrogens is 256 g/mol. The second kappa shape index (κ2) is 6.65. The summed E-state index contributed by atoms with van der Waals surface area (Å²) in [7, 11) is 3.42. The van der Waals surface area contributed by atoms with Crippen molar-refractivity contribution in [3.63, 3.8) is 0 Å². The number of H-pyrrole nitrogens is 1. The molecule has 0 aliphatic rings. The zero-order chi connectivity index (χ0) is 14.4. The van der Waals surface area contributed by atoms with E-state index in [1.807, 2.05) is 6.07 Å². The average molecular weight is 274 g/mol. The van der Waals surface area contributed by atoms with Crippen molar-refractivity contribution >= 4 is 11.6 Å². The second-order valence-corrected chi connectivity index (χ2v) is 4.59. The number of pyridine rings is 1. The number of hydrogen-bond acceptors (Lipinski definition) is 5. The van der Waals surface area contributed by atoms with E-state index in [-0.39, 0.29) is 5.91 Å². The number of hydrogen-bond donors (Lipinski definition) is 2. The lowest BCUT2D eigenvalue weighted by atomic mass is 10.2. The summed E-state index contributed by atoms with van der Waals surface area (Å²) >= 11 is 0. The number of nitrogens with one attached hydrogen (secondary N) is 2. The van der Waals surface area contributed by atoms with Crippen LogP contribution in [0.5, 0.6) is 0 Å². The zero-order valence-electron chi connectivity index (χ0n) is 11.6. The minimum atomic E-state index is -0.102. The van der Waals surface area contributed by atoms with Gasteiger partial charge in [0.2, 0.25) is 0 Å². The Bertz CT molecular complexity index is 552. The molecule has 0 fully saturated rings. The van der Waals surface area contributed by atoms with E-state index in [4.69, 9.17) is 0 Å². The molecule has 7 nitrogen and oxygen atoms in total. The lowest BCUT2D eigenvalue weighted by Gasteiger charge is -2.11. The average Bonchev–Trinajstić information content (AvgIpc) is 2.96. The molecule has 0 aromatic carbocycles. The third-order valence-corrected chi connectivity index (χ3v) is 2.77. The van der Waals surface area contributed by atoms with Crippen LogP contribution in [0.4, 0.5) is 5.69 Å². The molecule has 2 N–H and O–H groups in total. The Morgan fingerprint density at radius 2 is 2.25 bits per heavy atom. The number of aromatic amines is 1. The highest BCUT2D eigenvalue weighted by Gasteiger charge is 2.09. The minimum absolute atomic E-state index is 0.102. The van der Waals surface area contributed by atoms with Crippen LogP contribution >= 0.6 is 0 Å². The van der Waals surface area contributed by atoms with Crippen LogP contribution in [0, 0.1) is 0 Å². The molecule has 0 saturated carbocycles. The molecule has 0 spiro atoms. The van der Waals surface area contributed by atoms with Gasteiger partial charge in [-0.05, 0) is 18.6 Å². The van der Waals surface area contributed by atoms with Crippen LogP contribution in [0.2, 0.25) is 0 Å². The summed E-state index contributed by atoms with van der Waals surface area (Å²) in [5.74, 6) is 0.778. The highest BCUT2D eigenvalue weighted by molar-refractivity contribution is 5.92.